The van der Waals surface area contributed by atoms with Crippen LogP contribution in [0.2, 0.25) is 0 Å². The van der Waals surface area contributed by atoms with Crippen molar-refractivity contribution in [3.05, 3.63) is 46.2 Å². The Morgan fingerprint density at radius 2 is 2.22 bits per heavy atom. The molecule has 3 aromatic rings. The van der Waals surface area contributed by atoms with E-state index < -0.39 is 0 Å². The second-order valence-electron chi connectivity index (χ2n) is 3.75. The third-order valence-electron chi connectivity index (χ3n) is 2.56. The number of amides is 1. The highest BCUT2D eigenvalue weighted by Crippen LogP contribution is 2.16. The number of carbonyl (C=O) groups is 1. The predicted octanol–water partition coefficient (Wildman–Crippen LogP) is 2.68. The minimum atomic E-state index is -0.112. The molecular formula is C12H9N3OS2. The lowest BCUT2D eigenvalue weighted by molar-refractivity contribution is 0.0952. The van der Waals surface area contributed by atoms with Crippen LogP contribution in [-0.4, -0.2) is 14.7 Å². The lowest BCUT2D eigenvalue weighted by Gasteiger charge is -2.03. The molecule has 0 bridgehead atoms. The van der Waals surface area contributed by atoms with Crippen molar-refractivity contribution in [3.8, 4) is 0 Å². The van der Waals surface area contributed by atoms with E-state index >= 15 is 0 Å². The molecule has 1 aromatic carbocycles. The molecule has 6 heteroatoms. The molecule has 0 radical (unpaired) electrons. The molecule has 2 aromatic heterocycles. The maximum atomic E-state index is 12.1. The van der Waals surface area contributed by atoms with Gasteiger partial charge >= 0.3 is 0 Å². The van der Waals surface area contributed by atoms with E-state index in [1.54, 1.807) is 17.4 Å². The Kier molecular flexibility index (Phi) is 3.04. The van der Waals surface area contributed by atoms with E-state index in [1.807, 2.05) is 29.0 Å². The molecule has 2 heterocycles. The number of nitrogens with zero attached hydrogens (tertiary/aromatic N) is 2. The molecule has 0 saturated heterocycles. The van der Waals surface area contributed by atoms with Crippen molar-refractivity contribution in [2.24, 2.45) is 0 Å². The Balaban J connectivity index is 1.81. The summed E-state index contributed by atoms with van der Waals surface area (Å²) in [4.78, 5) is 12.1. The fourth-order valence-corrected chi connectivity index (χ4v) is 2.88. The monoisotopic (exact) mass is 275 g/mol. The van der Waals surface area contributed by atoms with Crippen LogP contribution in [-0.2, 0) is 6.54 Å². The number of rotatable bonds is 3. The molecule has 0 aliphatic rings. The first-order chi connectivity index (χ1) is 8.84. The summed E-state index contributed by atoms with van der Waals surface area (Å²) in [6.45, 7) is 0.538. The van der Waals surface area contributed by atoms with Gasteiger partial charge in [0, 0.05) is 6.54 Å². The predicted molar refractivity (Wildman–Crippen MR) is 72.9 cm³/mol. The molecule has 0 spiro atoms. The summed E-state index contributed by atoms with van der Waals surface area (Å²) in [7, 11) is 0. The topological polar surface area (TPSA) is 54.9 Å². The summed E-state index contributed by atoms with van der Waals surface area (Å²) in [5.41, 5.74) is 3.13. The molecule has 3 rings (SSSR count). The Bertz CT molecular complexity index is 676. The van der Waals surface area contributed by atoms with Crippen LogP contribution in [0.1, 0.15) is 15.9 Å². The highest BCUT2D eigenvalue weighted by atomic mass is 32.1. The van der Waals surface area contributed by atoms with Gasteiger partial charge in [0.15, 0.2) is 0 Å². The van der Waals surface area contributed by atoms with Gasteiger partial charge in [-0.15, -0.1) is 0 Å². The van der Waals surface area contributed by atoms with Crippen molar-refractivity contribution in [1.29, 1.82) is 0 Å². The molecule has 0 aliphatic heterocycles. The summed E-state index contributed by atoms with van der Waals surface area (Å²) >= 11 is 2.74. The molecule has 0 fully saturated rings. The van der Waals surface area contributed by atoms with Crippen molar-refractivity contribution in [3.63, 3.8) is 0 Å². The third-order valence-corrected chi connectivity index (χ3v) is 3.84. The smallest absolute Gasteiger partial charge is 0.253 e. The molecule has 1 N–H and O–H groups in total. The first kappa shape index (κ1) is 11.3. The molecule has 0 saturated carbocycles. The van der Waals surface area contributed by atoms with Gasteiger partial charge in [-0.2, -0.15) is 20.1 Å². The number of aromatic nitrogens is 2. The zero-order chi connectivity index (χ0) is 12.4. The third kappa shape index (κ3) is 2.12. The number of carbonyl (C=O) groups excluding carboxylic acids is 1. The van der Waals surface area contributed by atoms with Gasteiger partial charge in [-0.05, 0) is 34.5 Å². The molecule has 18 heavy (non-hydrogen) atoms. The van der Waals surface area contributed by atoms with Crippen LogP contribution in [0.15, 0.2) is 35.0 Å². The Morgan fingerprint density at radius 1 is 1.28 bits per heavy atom. The minimum absolute atomic E-state index is 0.112. The number of hydrogen-bond acceptors (Lipinski definition) is 5. The lowest BCUT2D eigenvalue weighted by atomic mass is 10.1. The normalized spacial score (nSPS) is 10.7. The fraction of sp³-hybridized carbons (Fsp3) is 0.0833. The van der Waals surface area contributed by atoms with Crippen LogP contribution in [0.25, 0.3) is 11.0 Å². The van der Waals surface area contributed by atoms with Crippen LogP contribution >= 0.6 is 23.1 Å². The number of hydrogen-bond donors (Lipinski definition) is 1. The molecule has 0 aliphatic carbocycles. The van der Waals surface area contributed by atoms with E-state index in [2.05, 4.69) is 14.1 Å². The lowest BCUT2D eigenvalue weighted by Crippen LogP contribution is -2.22. The minimum Gasteiger partial charge on any atom is -0.348 e. The van der Waals surface area contributed by atoms with Crippen LogP contribution in [0, 0.1) is 0 Å². The van der Waals surface area contributed by atoms with Crippen LogP contribution in [0.4, 0.5) is 0 Å². The highest BCUT2D eigenvalue weighted by molar-refractivity contribution is 7.07. The first-order valence-electron chi connectivity index (χ1n) is 5.35. The molecule has 90 valence electrons. The van der Waals surface area contributed by atoms with E-state index in [1.165, 1.54) is 0 Å². The summed E-state index contributed by atoms with van der Waals surface area (Å²) in [6, 6.07) is 7.44. The van der Waals surface area contributed by atoms with Crippen molar-refractivity contribution < 1.29 is 4.79 Å². The summed E-state index contributed by atoms with van der Waals surface area (Å²) < 4.78 is 8.28. The van der Waals surface area contributed by atoms with Crippen molar-refractivity contribution >= 4 is 40.0 Å². The second kappa shape index (κ2) is 4.83. The molecular weight excluding hydrogens is 266 g/mol. The summed E-state index contributed by atoms with van der Waals surface area (Å²) in [5, 5.41) is 6.90. The van der Waals surface area contributed by atoms with Crippen LogP contribution < -0.4 is 5.32 Å². The van der Waals surface area contributed by atoms with Gasteiger partial charge in [-0.1, -0.05) is 6.07 Å². The van der Waals surface area contributed by atoms with Gasteiger partial charge in [0.2, 0.25) is 0 Å². The van der Waals surface area contributed by atoms with Gasteiger partial charge in [-0.25, -0.2) is 0 Å². The van der Waals surface area contributed by atoms with E-state index in [-0.39, 0.29) is 5.91 Å². The van der Waals surface area contributed by atoms with Gasteiger partial charge in [0.1, 0.15) is 11.0 Å². The maximum Gasteiger partial charge on any atom is 0.253 e. The van der Waals surface area contributed by atoms with Gasteiger partial charge < -0.3 is 5.32 Å². The molecule has 4 nitrogen and oxygen atoms in total. The van der Waals surface area contributed by atoms with E-state index in [4.69, 9.17) is 0 Å². The average molecular weight is 275 g/mol. The van der Waals surface area contributed by atoms with Gasteiger partial charge in [0.05, 0.1) is 17.3 Å². The van der Waals surface area contributed by atoms with E-state index in [0.717, 1.165) is 22.8 Å². The summed E-state index contributed by atoms with van der Waals surface area (Å²) in [6.07, 6.45) is 0. The largest absolute Gasteiger partial charge is 0.348 e. The zero-order valence-electron chi connectivity index (χ0n) is 9.29. The highest BCUT2D eigenvalue weighted by Gasteiger charge is 2.12. The maximum absolute atomic E-state index is 12.1. The molecule has 1 amide bonds. The SMILES string of the molecule is O=C(NCc1ccsc1)c1cccc2nsnc12. The number of nitrogens with one attached hydrogen (secondary N) is 1. The second-order valence-corrected chi connectivity index (χ2v) is 5.06. The Labute approximate surface area is 112 Å². The summed E-state index contributed by atoms with van der Waals surface area (Å²) in [5.74, 6) is -0.112. The van der Waals surface area contributed by atoms with Crippen LogP contribution in [0.3, 0.4) is 0 Å². The average Bonchev–Trinajstić information content (AvgIpc) is 3.05. The zero-order valence-corrected chi connectivity index (χ0v) is 10.9. The Morgan fingerprint density at radius 3 is 3.06 bits per heavy atom. The molecule has 0 unspecified atom stereocenters. The van der Waals surface area contributed by atoms with Crippen molar-refractivity contribution in [2.75, 3.05) is 0 Å². The number of fused-ring (bicyclic) bond motifs is 1. The number of benzene rings is 1. The quantitative estimate of drug-likeness (QED) is 0.799. The van der Waals surface area contributed by atoms with Crippen molar-refractivity contribution in [2.45, 2.75) is 6.54 Å². The first-order valence-corrected chi connectivity index (χ1v) is 7.02. The van der Waals surface area contributed by atoms with Gasteiger partial charge in [-0.3, -0.25) is 4.79 Å². The van der Waals surface area contributed by atoms with Crippen molar-refractivity contribution in [1.82, 2.24) is 14.1 Å². The molecule has 0 atom stereocenters. The Hall–Kier alpha value is -1.79. The standard InChI is InChI=1S/C12H9N3OS2/c16-12(13-6-8-4-5-17-7-8)9-2-1-3-10-11(9)15-18-14-10/h1-5,7H,6H2,(H,13,16). The van der Waals surface area contributed by atoms with E-state index in [0.29, 0.717) is 17.6 Å². The fourth-order valence-electron chi connectivity index (χ4n) is 1.66. The van der Waals surface area contributed by atoms with E-state index in [9.17, 15) is 4.79 Å². The van der Waals surface area contributed by atoms with Crippen LogP contribution in [0.5, 0.6) is 0 Å². The van der Waals surface area contributed by atoms with Gasteiger partial charge in [0.25, 0.3) is 5.91 Å². The number of thiophene rings is 1.